The summed E-state index contributed by atoms with van der Waals surface area (Å²) in [6.07, 6.45) is 0. The molecule has 0 saturated heterocycles. The van der Waals surface area contributed by atoms with E-state index in [1.54, 1.807) is 18.2 Å². The van der Waals surface area contributed by atoms with E-state index in [4.69, 9.17) is 0 Å². The summed E-state index contributed by atoms with van der Waals surface area (Å²) >= 11 is 0. The molecule has 1 heterocycles. The number of aromatic nitrogens is 2. The number of anilines is 2. The summed E-state index contributed by atoms with van der Waals surface area (Å²) in [7, 11) is 0. The van der Waals surface area contributed by atoms with Gasteiger partial charge in [0.05, 0.1) is 12.2 Å². The van der Waals surface area contributed by atoms with Crippen LogP contribution in [0, 0.1) is 20.8 Å². The molecule has 2 amide bonds. The molecule has 33 heavy (non-hydrogen) atoms. The highest BCUT2D eigenvalue weighted by molar-refractivity contribution is 6.07. The minimum absolute atomic E-state index is 0.194. The van der Waals surface area contributed by atoms with Gasteiger partial charge in [-0.15, -0.1) is 0 Å². The average Bonchev–Trinajstić information content (AvgIpc) is 3.13. The van der Waals surface area contributed by atoms with Gasteiger partial charge in [0.2, 0.25) is 0 Å². The molecule has 6 heteroatoms. The first-order valence-corrected chi connectivity index (χ1v) is 10.8. The van der Waals surface area contributed by atoms with E-state index < -0.39 is 0 Å². The van der Waals surface area contributed by atoms with Gasteiger partial charge < -0.3 is 10.6 Å². The van der Waals surface area contributed by atoms with Gasteiger partial charge in [-0.3, -0.25) is 14.3 Å². The second kappa shape index (κ2) is 9.53. The van der Waals surface area contributed by atoms with E-state index in [2.05, 4.69) is 15.7 Å². The lowest BCUT2D eigenvalue weighted by Gasteiger charge is -2.14. The fraction of sp³-hybridized carbons (Fsp3) is 0.148. The summed E-state index contributed by atoms with van der Waals surface area (Å²) in [6, 6.07) is 24.0. The van der Waals surface area contributed by atoms with Crippen molar-refractivity contribution in [1.29, 1.82) is 0 Å². The Kier molecular flexibility index (Phi) is 6.36. The number of hydrogen-bond acceptors (Lipinski definition) is 3. The van der Waals surface area contributed by atoms with E-state index >= 15 is 0 Å². The molecule has 6 nitrogen and oxygen atoms in total. The molecule has 0 aliphatic heterocycles. The number of rotatable bonds is 6. The van der Waals surface area contributed by atoms with Gasteiger partial charge in [-0.25, -0.2) is 0 Å². The SMILES string of the molecule is Cc1cc(C)n(Cc2ccc(C(=O)Nc3cccc(NC(=O)c4ccccc4)c3C)cc2)n1. The molecule has 0 fully saturated rings. The molecule has 1 aromatic heterocycles. The molecule has 0 saturated carbocycles. The molecule has 0 bridgehead atoms. The van der Waals surface area contributed by atoms with Crippen molar-refractivity contribution in [3.8, 4) is 0 Å². The summed E-state index contributed by atoms with van der Waals surface area (Å²) in [5, 5.41) is 10.4. The molecule has 0 spiro atoms. The van der Waals surface area contributed by atoms with Crippen LogP contribution in [0.25, 0.3) is 0 Å². The number of benzene rings is 3. The highest BCUT2D eigenvalue weighted by atomic mass is 16.2. The second-order valence-corrected chi connectivity index (χ2v) is 8.03. The monoisotopic (exact) mass is 438 g/mol. The summed E-state index contributed by atoms with van der Waals surface area (Å²) in [5.74, 6) is -0.400. The Balaban J connectivity index is 1.44. The Morgan fingerprint density at radius 2 is 1.33 bits per heavy atom. The first kappa shape index (κ1) is 22.0. The smallest absolute Gasteiger partial charge is 0.255 e. The van der Waals surface area contributed by atoms with Crippen LogP contribution in [0.4, 0.5) is 11.4 Å². The van der Waals surface area contributed by atoms with E-state index in [0.29, 0.717) is 29.0 Å². The summed E-state index contributed by atoms with van der Waals surface area (Å²) in [6.45, 7) is 6.53. The third-order valence-corrected chi connectivity index (χ3v) is 5.52. The zero-order valence-electron chi connectivity index (χ0n) is 18.9. The first-order chi connectivity index (χ1) is 15.9. The Bertz CT molecular complexity index is 1290. The summed E-state index contributed by atoms with van der Waals surface area (Å²) < 4.78 is 1.95. The van der Waals surface area contributed by atoms with Crippen molar-refractivity contribution in [1.82, 2.24) is 9.78 Å². The van der Waals surface area contributed by atoms with Crippen LogP contribution in [0.3, 0.4) is 0 Å². The number of amides is 2. The highest BCUT2D eigenvalue weighted by Gasteiger charge is 2.12. The average molecular weight is 439 g/mol. The standard InChI is InChI=1S/C27H26N4O2/c1-18-16-19(2)31(30-18)17-21-12-14-23(15-13-21)27(33)29-25-11-7-10-24(20(25)3)28-26(32)22-8-5-4-6-9-22/h4-16H,17H2,1-3H3,(H,28,32)(H,29,33). The Labute approximate surface area is 193 Å². The van der Waals surface area contributed by atoms with Gasteiger partial charge >= 0.3 is 0 Å². The molecule has 2 N–H and O–H groups in total. The minimum atomic E-state index is -0.206. The molecule has 4 rings (SSSR count). The lowest BCUT2D eigenvalue weighted by atomic mass is 10.1. The Hall–Kier alpha value is -4.19. The zero-order chi connectivity index (χ0) is 23.4. The molecule has 166 valence electrons. The van der Waals surface area contributed by atoms with Gasteiger partial charge in [-0.2, -0.15) is 5.10 Å². The number of nitrogens with one attached hydrogen (secondary N) is 2. The lowest BCUT2D eigenvalue weighted by Crippen LogP contribution is -2.15. The van der Waals surface area contributed by atoms with Crippen molar-refractivity contribution in [3.05, 3.63) is 113 Å². The van der Waals surface area contributed by atoms with E-state index in [0.717, 1.165) is 22.5 Å². The van der Waals surface area contributed by atoms with E-state index in [-0.39, 0.29) is 11.8 Å². The molecular formula is C27H26N4O2. The molecule has 0 radical (unpaired) electrons. The maximum Gasteiger partial charge on any atom is 0.255 e. The van der Waals surface area contributed by atoms with Crippen molar-refractivity contribution in [2.45, 2.75) is 27.3 Å². The van der Waals surface area contributed by atoms with Crippen LogP contribution in [-0.2, 0) is 6.54 Å². The van der Waals surface area contributed by atoms with Crippen LogP contribution >= 0.6 is 0 Å². The van der Waals surface area contributed by atoms with Gasteiger partial charge in [-0.05, 0) is 74.4 Å². The Morgan fingerprint density at radius 3 is 1.88 bits per heavy atom. The van der Waals surface area contributed by atoms with E-state index in [1.165, 1.54) is 0 Å². The number of aryl methyl sites for hydroxylation is 2. The van der Waals surface area contributed by atoms with Gasteiger partial charge in [-0.1, -0.05) is 36.4 Å². The highest BCUT2D eigenvalue weighted by Crippen LogP contribution is 2.24. The predicted molar refractivity (Wildman–Crippen MR) is 131 cm³/mol. The van der Waals surface area contributed by atoms with Crippen molar-refractivity contribution < 1.29 is 9.59 Å². The largest absolute Gasteiger partial charge is 0.322 e. The fourth-order valence-corrected chi connectivity index (χ4v) is 3.65. The fourth-order valence-electron chi connectivity index (χ4n) is 3.65. The molecule has 0 atom stereocenters. The van der Waals surface area contributed by atoms with E-state index in [1.807, 2.05) is 86.1 Å². The topological polar surface area (TPSA) is 76.0 Å². The molecular weight excluding hydrogens is 412 g/mol. The first-order valence-electron chi connectivity index (χ1n) is 10.8. The summed E-state index contributed by atoms with van der Waals surface area (Å²) in [4.78, 5) is 25.3. The third-order valence-electron chi connectivity index (χ3n) is 5.52. The van der Waals surface area contributed by atoms with Gasteiger partial charge in [0.25, 0.3) is 11.8 Å². The van der Waals surface area contributed by atoms with Crippen LogP contribution in [0.2, 0.25) is 0 Å². The van der Waals surface area contributed by atoms with Gasteiger partial charge in [0.1, 0.15) is 0 Å². The van der Waals surface area contributed by atoms with Crippen molar-refractivity contribution in [2.24, 2.45) is 0 Å². The maximum absolute atomic E-state index is 12.8. The minimum Gasteiger partial charge on any atom is -0.322 e. The van der Waals surface area contributed by atoms with E-state index in [9.17, 15) is 9.59 Å². The zero-order valence-corrected chi connectivity index (χ0v) is 18.9. The van der Waals surface area contributed by atoms with Crippen LogP contribution in [0.5, 0.6) is 0 Å². The third kappa shape index (κ3) is 5.18. The van der Waals surface area contributed by atoms with Crippen LogP contribution in [-0.4, -0.2) is 21.6 Å². The quantitative estimate of drug-likeness (QED) is 0.425. The molecule has 0 aliphatic rings. The predicted octanol–water partition coefficient (Wildman–Crippen LogP) is 5.36. The molecule has 3 aromatic carbocycles. The van der Waals surface area contributed by atoms with Crippen molar-refractivity contribution >= 4 is 23.2 Å². The van der Waals surface area contributed by atoms with Gasteiger partial charge in [0, 0.05) is 28.2 Å². The lowest BCUT2D eigenvalue weighted by molar-refractivity contribution is 0.101. The summed E-state index contributed by atoms with van der Waals surface area (Å²) in [5.41, 5.74) is 6.39. The number of carbonyl (C=O) groups is 2. The van der Waals surface area contributed by atoms with Crippen molar-refractivity contribution in [3.63, 3.8) is 0 Å². The van der Waals surface area contributed by atoms with Crippen LogP contribution < -0.4 is 10.6 Å². The number of hydrogen-bond donors (Lipinski definition) is 2. The van der Waals surface area contributed by atoms with Gasteiger partial charge in [0.15, 0.2) is 0 Å². The number of nitrogens with zero attached hydrogens (tertiary/aromatic N) is 2. The second-order valence-electron chi connectivity index (χ2n) is 8.03. The normalized spacial score (nSPS) is 10.6. The molecule has 0 unspecified atom stereocenters. The molecule has 0 aliphatic carbocycles. The van der Waals surface area contributed by atoms with Crippen LogP contribution in [0.1, 0.15) is 43.2 Å². The Morgan fingerprint density at radius 1 is 0.758 bits per heavy atom. The van der Waals surface area contributed by atoms with Crippen LogP contribution in [0.15, 0.2) is 78.9 Å². The number of carbonyl (C=O) groups excluding carboxylic acids is 2. The van der Waals surface area contributed by atoms with Crippen molar-refractivity contribution in [2.75, 3.05) is 10.6 Å². The molecule has 4 aromatic rings. The maximum atomic E-state index is 12.8.